The molecule has 98 valence electrons. The van der Waals surface area contributed by atoms with Gasteiger partial charge in [-0.05, 0) is 30.2 Å². The van der Waals surface area contributed by atoms with Gasteiger partial charge in [0.2, 0.25) is 0 Å². The molecule has 0 fully saturated rings. The molecule has 0 aromatic carbocycles. The summed E-state index contributed by atoms with van der Waals surface area (Å²) in [5, 5.41) is 5.49. The van der Waals surface area contributed by atoms with E-state index in [-0.39, 0.29) is 0 Å². The van der Waals surface area contributed by atoms with Gasteiger partial charge >= 0.3 is 0 Å². The average molecular weight is 284 g/mol. The zero-order valence-corrected chi connectivity index (χ0v) is 12.1. The van der Waals surface area contributed by atoms with E-state index >= 15 is 0 Å². The molecule has 0 saturated carbocycles. The predicted octanol–water partition coefficient (Wildman–Crippen LogP) is 4.15. The third-order valence-corrected chi connectivity index (χ3v) is 4.14. The molecule has 0 spiro atoms. The van der Waals surface area contributed by atoms with Crippen LogP contribution in [0.4, 0.5) is 5.82 Å². The fourth-order valence-corrected chi connectivity index (χ4v) is 3.19. The molecule has 2 aromatic rings. The van der Waals surface area contributed by atoms with Crippen molar-refractivity contribution in [2.45, 2.75) is 26.2 Å². The second-order valence-corrected chi connectivity index (χ2v) is 5.66. The van der Waals surface area contributed by atoms with Crippen molar-refractivity contribution >= 4 is 39.0 Å². The van der Waals surface area contributed by atoms with Crippen molar-refractivity contribution in [3.8, 4) is 0 Å². The highest BCUT2D eigenvalue weighted by Crippen LogP contribution is 2.25. The molecule has 18 heavy (non-hydrogen) atoms. The molecule has 0 radical (unpaired) electrons. The van der Waals surface area contributed by atoms with Crippen LogP contribution in [0.2, 0.25) is 0 Å². The van der Waals surface area contributed by atoms with Gasteiger partial charge in [0.15, 0.2) is 0 Å². The Kier molecular flexibility index (Phi) is 5.20. The summed E-state index contributed by atoms with van der Waals surface area (Å²) in [5.74, 6) is 2.30. The number of hydrogen-bond acceptors (Lipinski definition) is 4. The van der Waals surface area contributed by atoms with E-state index in [4.69, 9.17) is 11.6 Å². The number of rotatable bonds is 7. The van der Waals surface area contributed by atoms with E-state index in [1.807, 2.05) is 11.4 Å². The van der Waals surface area contributed by atoms with E-state index in [9.17, 15) is 0 Å². The SMILES string of the molecule is CCCC(CCCl)CNc1ncnc2ccsc12. The number of thiophene rings is 1. The van der Waals surface area contributed by atoms with Crippen LogP contribution < -0.4 is 5.32 Å². The number of nitrogens with zero attached hydrogens (tertiary/aromatic N) is 2. The first-order chi connectivity index (χ1) is 8.85. The highest BCUT2D eigenvalue weighted by Gasteiger charge is 2.09. The van der Waals surface area contributed by atoms with Gasteiger partial charge in [0.05, 0.1) is 10.2 Å². The van der Waals surface area contributed by atoms with E-state index in [2.05, 4.69) is 22.2 Å². The number of hydrogen-bond donors (Lipinski definition) is 1. The number of anilines is 1. The van der Waals surface area contributed by atoms with Gasteiger partial charge in [-0.15, -0.1) is 22.9 Å². The monoisotopic (exact) mass is 283 g/mol. The summed E-state index contributed by atoms with van der Waals surface area (Å²) in [6.07, 6.45) is 5.08. The lowest BCUT2D eigenvalue weighted by Gasteiger charge is -2.16. The minimum atomic E-state index is 0.623. The van der Waals surface area contributed by atoms with Crippen molar-refractivity contribution in [2.75, 3.05) is 17.7 Å². The molecular formula is C13H18ClN3S. The maximum atomic E-state index is 5.84. The maximum absolute atomic E-state index is 5.84. The minimum absolute atomic E-state index is 0.623. The Hall–Kier alpha value is -0.870. The molecule has 2 aromatic heterocycles. The third kappa shape index (κ3) is 3.33. The summed E-state index contributed by atoms with van der Waals surface area (Å²) < 4.78 is 1.14. The van der Waals surface area contributed by atoms with Crippen LogP contribution in [-0.2, 0) is 0 Å². The first-order valence-electron chi connectivity index (χ1n) is 6.33. The largest absolute Gasteiger partial charge is 0.369 e. The van der Waals surface area contributed by atoms with Crippen molar-refractivity contribution in [1.29, 1.82) is 0 Å². The van der Waals surface area contributed by atoms with Crippen LogP contribution in [0.1, 0.15) is 26.2 Å². The van der Waals surface area contributed by atoms with Crippen LogP contribution in [0.25, 0.3) is 10.2 Å². The van der Waals surface area contributed by atoms with Gasteiger partial charge in [-0.3, -0.25) is 0 Å². The second kappa shape index (κ2) is 6.90. The first-order valence-corrected chi connectivity index (χ1v) is 7.74. The summed E-state index contributed by atoms with van der Waals surface area (Å²) in [6.45, 7) is 3.15. The van der Waals surface area contributed by atoms with Gasteiger partial charge < -0.3 is 5.32 Å². The van der Waals surface area contributed by atoms with Crippen LogP contribution >= 0.6 is 22.9 Å². The molecular weight excluding hydrogens is 266 g/mol. The standard InChI is InChI=1S/C13H18ClN3S/c1-2-3-10(4-6-14)8-15-13-12-11(5-7-18-12)16-9-17-13/h5,7,9-10H,2-4,6,8H2,1H3,(H,15,16,17). The summed E-state index contributed by atoms with van der Waals surface area (Å²) in [7, 11) is 0. The fourth-order valence-electron chi connectivity index (χ4n) is 2.07. The Labute approximate surface area is 117 Å². The number of alkyl halides is 1. The molecule has 2 rings (SSSR count). The number of aromatic nitrogens is 2. The lowest BCUT2D eigenvalue weighted by Crippen LogP contribution is -2.15. The number of nitrogens with one attached hydrogen (secondary N) is 1. The molecule has 1 unspecified atom stereocenters. The van der Waals surface area contributed by atoms with Gasteiger partial charge in [-0.25, -0.2) is 9.97 Å². The van der Waals surface area contributed by atoms with E-state index in [1.165, 1.54) is 12.8 Å². The lowest BCUT2D eigenvalue weighted by molar-refractivity contribution is 0.490. The molecule has 3 nitrogen and oxygen atoms in total. The van der Waals surface area contributed by atoms with Gasteiger partial charge in [-0.1, -0.05) is 13.3 Å². The van der Waals surface area contributed by atoms with Crippen molar-refractivity contribution < 1.29 is 0 Å². The molecule has 5 heteroatoms. The summed E-state index contributed by atoms with van der Waals surface area (Å²) in [4.78, 5) is 8.57. The van der Waals surface area contributed by atoms with E-state index < -0.39 is 0 Å². The molecule has 0 aliphatic heterocycles. The molecule has 2 heterocycles. The van der Waals surface area contributed by atoms with Gasteiger partial charge in [-0.2, -0.15) is 0 Å². The quantitative estimate of drug-likeness (QED) is 0.776. The molecule has 1 atom stereocenters. The topological polar surface area (TPSA) is 37.8 Å². The highest BCUT2D eigenvalue weighted by molar-refractivity contribution is 7.17. The van der Waals surface area contributed by atoms with Crippen LogP contribution in [0, 0.1) is 5.92 Å². The Morgan fingerprint density at radius 2 is 2.28 bits per heavy atom. The average Bonchev–Trinajstić information content (AvgIpc) is 2.85. The molecule has 0 bridgehead atoms. The Bertz CT molecular complexity index is 480. The smallest absolute Gasteiger partial charge is 0.147 e. The zero-order chi connectivity index (χ0) is 12.8. The van der Waals surface area contributed by atoms with Crippen molar-refractivity contribution in [3.63, 3.8) is 0 Å². The minimum Gasteiger partial charge on any atom is -0.369 e. The summed E-state index contributed by atoms with van der Waals surface area (Å²) in [6, 6.07) is 2.02. The van der Waals surface area contributed by atoms with Crippen LogP contribution in [0.5, 0.6) is 0 Å². The van der Waals surface area contributed by atoms with Crippen LogP contribution in [0.15, 0.2) is 17.8 Å². The van der Waals surface area contributed by atoms with Crippen molar-refractivity contribution in [1.82, 2.24) is 9.97 Å². The van der Waals surface area contributed by atoms with E-state index in [0.29, 0.717) is 5.92 Å². The van der Waals surface area contributed by atoms with E-state index in [1.54, 1.807) is 17.7 Å². The van der Waals surface area contributed by atoms with Gasteiger partial charge in [0, 0.05) is 12.4 Å². The zero-order valence-electron chi connectivity index (χ0n) is 10.5. The first kappa shape index (κ1) is 13.6. The normalized spacial score (nSPS) is 12.8. The second-order valence-electron chi connectivity index (χ2n) is 4.37. The Morgan fingerprint density at radius 1 is 1.39 bits per heavy atom. The fraction of sp³-hybridized carbons (Fsp3) is 0.538. The summed E-state index contributed by atoms with van der Waals surface area (Å²) in [5.41, 5.74) is 1.02. The van der Waals surface area contributed by atoms with Crippen LogP contribution in [-0.4, -0.2) is 22.4 Å². The maximum Gasteiger partial charge on any atom is 0.147 e. The molecule has 0 aliphatic carbocycles. The Morgan fingerprint density at radius 3 is 3.06 bits per heavy atom. The van der Waals surface area contributed by atoms with Gasteiger partial charge in [0.1, 0.15) is 12.1 Å². The highest BCUT2D eigenvalue weighted by atomic mass is 35.5. The van der Waals surface area contributed by atoms with Crippen LogP contribution in [0.3, 0.4) is 0 Å². The molecule has 0 amide bonds. The third-order valence-electron chi connectivity index (χ3n) is 3.02. The number of fused-ring (bicyclic) bond motifs is 1. The van der Waals surface area contributed by atoms with E-state index in [0.717, 1.165) is 34.9 Å². The summed E-state index contributed by atoms with van der Waals surface area (Å²) >= 11 is 7.52. The number of halogens is 1. The molecule has 1 N–H and O–H groups in total. The van der Waals surface area contributed by atoms with Crippen molar-refractivity contribution in [2.24, 2.45) is 5.92 Å². The molecule has 0 aliphatic rings. The lowest BCUT2D eigenvalue weighted by atomic mass is 10.0. The Balaban J connectivity index is 2.02. The van der Waals surface area contributed by atoms with Crippen molar-refractivity contribution in [3.05, 3.63) is 17.8 Å². The van der Waals surface area contributed by atoms with Gasteiger partial charge in [0.25, 0.3) is 0 Å². The predicted molar refractivity (Wildman–Crippen MR) is 79.6 cm³/mol. The molecule has 0 saturated heterocycles.